The lowest BCUT2D eigenvalue weighted by molar-refractivity contribution is -0.147. The van der Waals surface area contributed by atoms with Gasteiger partial charge in [-0.15, -0.1) is 0 Å². The average molecular weight is 290 g/mol. The molecule has 0 radical (unpaired) electrons. The topological polar surface area (TPSA) is 63.6 Å². The van der Waals surface area contributed by atoms with Gasteiger partial charge in [-0.2, -0.15) is 0 Å². The number of carbonyl (C=O) groups is 2. The fourth-order valence-corrected chi connectivity index (χ4v) is 6.31. The van der Waals surface area contributed by atoms with Crippen LogP contribution in [0.5, 0.6) is 0 Å². The quantitative estimate of drug-likeness (QED) is 0.632. The molecule has 3 saturated carbocycles. The van der Waals surface area contributed by atoms with Gasteiger partial charge in [0.25, 0.3) is 0 Å². The Morgan fingerprint density at radius 2 is 2.00 bits per heavy atom. The van der Waals surface area contributed by atoms with Gasteiger partial charge in [-0.05, 0) is 31.1 Å². The van der Waals surface area contributed by atoms with Gasteiger partial charge < -0.3 is 9.84 Å². The Bertz CT molecular complexity index is 592. The second kappa shape index (κ2) is 3.49. The van der Waals surface area contributed by atoms with E-state index in [0.29, 0.717) is 18.8 Å². The molecule has 4 aliphatic rings. The first-order valence-electron chi connectivity index (χ1n) is 7.81. The lowest BCUT2D eigenvalue weighted by Gasteiger charge is -2.34. The minimum Gasteiger partial charge on any atom is -0.396 e. The molecule has 3 fully saturated rings. The minimum absolute atomic E-state index is 0.0159. The summed E-state index contributed by atoms with van der Waals surface area (Å²) in [5, 5.41) is 9.49. The van der Waals surface area contributed by atoms with Crippen molar-refractivity contribution in [1.82, 2.24) is 0 Å². The molecule has 114 valence electrons. The maximum atomic E-state index is 13.4. The second-order valence-electron chi connectivity index (χ2n) is 7.71. The summed E-state index contributed by atoms with van der Waals surface area (Å²) in [6.07, 6.45) is 6.07. The predicted molar refractivity (Wildman–Crippen MR) is 75.5 cm³/mol. The molecule has 5 atom stereocenters. The van der Waals surface area contributed by atoms with Gasteiger partial charge in [-0.25, -0.2) is 0 Å². The number of carbonyl (C=O) groups excluding carboxylic acids is 2. The molecule has 0 saturated heterocycles. The summed E-state index contributed by atoms with van der Waals surface area (Å²) in [4.78, 5) is 26.8. The summed E-state index contributed by atoms with van der Waals surface area (Å²) < 4.78 is 5.72. The van der Waals surface area contributed by atoms with Gasteiger partial charge in [0.2, 0.25) is 0 Å². The minimum atomic E-state index is -1.03. The van der Waals surface area contributed by atoms with Gasteiger partial charge in [-0.3, -0.25) is 9.59 Å². The van der Waals surface area contributed by atoms with Gasteiger partial charge in [0, 0.05) is 19.1 Å². The monoisotopic (exact) mass is 290 g/mol. The number of rotatable bonds is 3. The van der Waals surface area contributed by atoms with E-state index in [0.717, 1.165) is 6.42 Å². The average Bonchev–Trinajstić information content (AvgIpc) is 2.91. The zero-order chi connectivity index (χ0) is 15.3. The van der Waals surface area contributed by atoms with Crippen LogP contribution in [0.25, 0.3) is 0 Å². The molecule has 4 aliphatic carbocycles. The zero-order valence-corrected chi connectivity index (χ0v) is 12.8. The fraction of sp³-hybridized carbons (Fsp3) is 0.765. The number of ether oxygens (including phenoxy) is 1. The molecule has 5 unspecified atom stereocenters. The molecule has 21 heavy (non-hydrogen) atoms. The van der Waals surface area contributed by atoms with Crippen LogP contribution in [0, 0.1) is 28.1 Å². The molecule has 0 aliphatic heterocycles. The van der Waals surface area contributed by atoms with Crippen LogP contribution in [0.4, 0.5) is 0 Å². The first kappa shape index (κ1) is 13.6. The molecule has 1 spiro atoms. The molecular formula is C17H22O4. The Labute approximate surface area is 124 Å². The first-order valence-corrected chi connectivity index (χ1v) is 7.81. The molecule has 0 amide bonds. The van der Waals surface area contributed by atoms with Crippen LogP contribution in [-0.2, 0) is 14.3 Å². The predicted octanol–water partition coefficient (Wildman–Crippen LogP) is 1.51. The third-order valence-corrected chi connectivity index (χ3v) is 7.19. The molecule has 4 heteroatoms. The van der Waals surface area contributed by atoms with Crippen molar-refractivity contribution >= 4 is 11.6 Å². The first-order chi connectivity index (χ1) is 9.86. The Balaban J connectivity index is 1.90. The number of methoxy groups -OCH3 is 1. The van der Waals surface area contributed by atoms with Crippen LogP contribution >= 0.6 is 0 Å². The standard InChI is InChI=1S/C17H22O4/c1-14(2)16(6-7-18)12(19)15(13(20)17(14,16)21-3)9-10-4-5-11(15)8-10/h4-5,10-11,18H,6-9H2,1-3H3. The molecule has 0 aromatic heterocycles. The summed E-state index contributed by atoms with van der Waals surface area (Å²) in [5.74, 6) is 0.410. The van der Waals surface area contributed by atoms with Crippen molar-refractivity contribution in [2.75, 3.05) is 13.7 Å². The van der Waals surface area contributed by atoms with Gasteiger partial charge >= 0.3 is 0 Å². The molecule has 0 heterocycles. The number of aliphatic hydroxyl groups excluding tert-OH is 1. The van der Waals surface area contributed by atoms with E-state index >= 15 is 0 Å². The number of Topliss-reactive ketones (excluding diaryl/α,β-unsaturated/α-hetero) is 2. The van der Waals surface area contributed by atoms with Crippen LogP contribution in [0.1, 0.15) is 33.1 Å². The number of hydrogen-bond acceptors (Lipinski definition) is 4. The van der Waals surface area contributed by atoms with Gasteiger partial charge in [0.15, 0.2) is 11.6 Å². The summed E-state index contributed by atoms with van der Waals surface area (Å²) in [7, 11) is 1.54. The lowest BCUT2D eigenvalue weighted by Crippen LogP contribution is -2.47. The number of hydrogen-bond donors (Lipinski definition) is 1. The van der Waals surface area contributed by atoms with Gasteiger partial charge in [-0.1, -0.05) is 26.0 Å². The second-order valence-corrected chi connectivity index (χ2v) is 7.71. The van der Waals surface area contributed by atoms with Crippen LogP contribution in [0.2, 0.25) is 0 Å². The maximum Gasteiger partial charge on any atom is 0.180 e. The van der Waals surface area contributed by atoms with Crippen molar-refractivity contribution in [3.8, 4) is 0 Å². The van der Waals surface area contributed by atoms with Crippen molar-refractivity contribution in [3.05, 3.63) is 12.2 Å². The molecule has 2 bridgehead atoms. The highest BCUT2D eigenvalue weighted by Gasteiger charge is 2.97. The molecular weight excluding hydrogens is 268 g/mol. The zero-order valence-electron chi connectivity index (χ0n) is 12.8. The Morgan fingerprint density at radius 1 is 1.29 bits per heavy atom. The van der Waals surface area contributed by atoms with Crippen LogP contribution < -0.4 is 0 Å². The number of allylic oxidation sites excluding steroid dienone is 2. The third-order valence-electron chi connectivity index (χ3n) is 7.19. The SMILES string of the molecule is COC12C(=O)C3(CC4C=CC3C4)C(=O)C1(CCO)C2(C)C. The summed E-state index contributed by atoms with van der Waals surface area (Å²) >= 11 is 0. The summed E-state index contributed by atoms with van der Waals surface area (Å²) in [6.45, 7) is 3.77. The van der Waals surface area contributed by atoms with E-state index in [1.54, 1.807) is 0 Å². The van der Waals surface area contributed by atoms with E-state index < -0.39 is 21.8 Å². The Morgan fingerprint density at radius 3 is 2.48 bits per heavy atom. The van der Waals surface area contributed by atoms with Gasteiger partial charge in [0.05, 0.1) is 10.8 Å². The van der Waals surface area contributed by atoms with Crippen molar-refractivity contribution in [2.24, 2.45) is 28.1 Å². The number of ketones is 2. The van der Waals surface area contributed by atoms with Crippen molar-refractivity contribution in [2.45, 2.75) is 38.7 Å². The largest absolute Gasteiger partial charge is 0.396 e. The molecule has 0 aromatic rings. The summed E-state index contributed by atoms with van der Waals surface area (Å²) in [6, 6.07) is 0. The smallest absolute Gasteiger partial charge is 0.180 e. The summed E-state index contributed by atoms with van der Waals surface area (Å²) in [5.41, 5.74) is -3.26. The normalized spacial score (nSPS) is 52.0. The van der Waals surface area contributed by atoms with E-state index in [4.69, 9.17) is 4.74 Å². The molecule has 0 aromatic carbocycles. The highest BCUT2D eigenvalue weighted by Crippen LogP contribution is 2.84. The van der Waals surface area contributed by atoms with E-state index in [9.17, 15) is 14.7 Å². The highest BCUT2D eigenvalue weighted by atomic mass is 16.5. The van der Waals surface area contributed by atoms with Crippen LogP contribution in [0.15, 0.2) is 12.2 Å². The van der Waals surface area contributed by atoms with E-state index in [1.807, 2.05) is 13.8 Å². The third kappa shape index (κ3) is 0.976. The van der Waals surface area contributed by atoms with E-state index in [1.165, 1.54) is 7.11 Å². The van der Waals surface area contributed by atoms with E-state index in [-0.39, 0.29) is 24.1 Å². The van der Waals surface area contributed by atoms with Crippen LogP contribution in [0.3, 0.4) is 0 Å². The molecule has 4 nitrogen and oxygen atoms in total. The highest BCUT2D eigenvalue weighted by molar-refractivity contribution is 6.27. The Hall–Kier alpha value is -1.00. The van der Waals surface area contributed by atoms with Gasteiger partial charge in [0.1, 0.15) is 5.60 Å². The van der Waals surface area contributed by atoms with Crippen molar-refractivity contribution in [3.63, 3.8) is 0 Å². The number of aliphatic hydroxyl groups is 1. The number of fused-ring (bicyclic) bond motifs is 4. The Kier molecular flexibility index (Phi) is 2.27. The van der Waals surface area contributed by atoms with Crippen molar-refractivity contribution < 1.29 is 19.4 Å². The lowest BCUT2D eigenvalue weighted by atomic mass is 9.65. The molecule has 4 rings (SSSR count). The van der Waals surface area contributed by atoms with E-state index in [2.05, 4.69) is 12.2 Å². The fourth-order valence-electron chi connectivity index (χ4n) is 6.31. The molecule has 1 N–H and O–H groups in total. The van der Waals surface area contributed by atoms with Crippen LogP contribution in [-0.4, -0.2) is 36.0 Å². The maximum absolute atomic E-state index is 13.4. The van der Waals surface area contributed by atoms with Crippen molar-refractivity contribution in [1.29, 1.82) is 0 Å².